The second kappa shape index (κ2) is 10.6. The molecule has 2 aromatic carbocycles. The second-order valence-electron chi connectivity index (χ2n) is 7.34. The number of aryl methyl sites for hydroxylation is 1. The van der Waals surface area contributed by atoms with E-state index in [0.717, 1.165) is 49.1 Å². The molecule has 0 radical (unpaired) electrons. The van der Waals surface area contributed by atoms with E-state index in [2.05, 4.69) is 23.5 Å². The Morgan fingerprint density at radius 2 is 1.76 bits per heavy atom. The van der Waals surface area contributed by atoms with Crippen molar-refractivity contribution in [2.75, 3.05) is 11.4 Å². The lowest BCUT2D eigenvalue weighted by Gasteiger charge is -2.29. The Bertz CT molecular complexity index is 861. The van der Waals surface area contributed by atoms with Gasteiger partial charge in [-0.25, -0.2) is 5.43 Å². The number of rotatable bonds is 8. The fourth-order valence-corrected chi connectivity index (χ4v) is 3.57. The molecule has 0 unspecified atom stereocenters. The molecular formula is C24H29N3O2. The van der Waals surface area contributed by atoms with Crippen LogP contribution in [0.2, 0.25) is 0 Å². The first-order valence-electron chi connectivity index (χ1n) is 10.5. The highest BCUT2D eigenvalue weighted by Gasteiger charge is 2.22. The van der Waals surface area contributed by atoms with Gasteiger partial charge in [0.2, 0.25) is 11.8 Å². The number of benzene rings is 2. The van der Waals surface area contributed by atoms with Gasteiger partial charge in [0.25, 0.3) is 0 Å². The molecule has 5 heteroatoms. The Balaban J connectivity index is 1.56. The van der Waals surface area contributed by atoms with E-state index < -0.39 is 0 Å². The van der Waals surface area contributed by atoms with E-state index in [1.807, 2.05) is 53.4 Å². The number of amides is 2. The van der Waals surface area contributed by atoms with E-state index in [-0.39, 0.29) is 24.7 Å². The van der Waals surface area contributed by atoms with Gasteiger partial charge in [0, 0.05) is 25.1 Å². The van der Waals surface area contributed by atoms with Gasteiger partial charge >= 0.3 is 0 Å². The summed E-state index contributed by atoms with van der Waals surface area (Å²) in [5.41, 5.74) is 6.71. The van der Waals surface area contributed by atoms with Crippen molar-refractivity contribution in [1.82, 2.24) is 5.43 Å². The van der Waals surface area contributed by atoms with Gasteiger partial charge in [-0.1, -0.05) is 61.9 Å². The van der Waals surface area contributed by atoms with E-state index in [1.54, 1.807) is 0 Å². The van der Waals surface area contributed by atoms with Crippen LogP contribution >= 0.6 is 0 Å². The van der Waals surface area contributed by atoms with Crippen molar-refractivity contribution < 1.29 is 9.59 Å². The number of unbranched alkanes of at least 4 members (excludes halogenated alkanes) is 1. The van der Waals surface area contributed by atoms with Crippen LogP contribution in [0.3, 0.4) is 0 Å². The number of hydrogen-bond acceptors (Lipinski definition) is 3. The SMILES string of the molecule is CCCC/C(=N\NC(=O)CCC(=O)N1CCCc2ccccc21)c1ccccc1. The topological polar surface area (TPSA) is 61.8 Å². The van der Waals surface area contributed by atoms with Crippen LogP contribution < -0.4 is 10.3 Å². The Morgan fingerprint density at radius 3 is 2.55 bits per heavy atom. The monoisotopic (exact) mass is 391 g/mol. The van der Waals surface area contributed by atoms with Crippen molar-refractivity contribution in [2.24, 2.45) is 5.10 Å². The summed E-state index contributed by atoms with van der Waals surface area (Å²) >= 11 is 0. The van der Waals surface area contributed by atoms with Gasteiger partial charge in [-0.15, -0.1) is 0 Å². The summed E-state index contributed by atoms with van der Waals surface area (Å²) in [6.07, 6.45) is 5.15. The van der Waals surface area contributed by atoms with Crippen molar-refractivity contribution in [1.29, 1.82) is 0 Å². The van der Waals surface area contributed by atoms with Gasteiger partial charge in [-0.3, -0.25) is 9.59 Å². The fraction of sp³-hybridized carbons (Fsp3) is 0.375. The molecule has 0 atom stereocenters. The quantitative estimate of drug-likeness (QED) is 0.533. The Hall–Kier alpha value is -2.95. The van der Waals surface area contributed by atoms with Crippen LogP contribution in [-0.2, 0) is 16.0 Å². The first-order chi connectivity index (χ1) is 14.2. The van der Waals surface area contributed by atoms with Gasteiger partial charge in [-0.05, 0) is 42.9 Å². The van der Waals surface area contributed by atoms with Crippen molar-refractivity contribution in [2.45, 2.75) is 51.9 Å². The minimum atomic E-state index is -0.228. The Kier molecular flexibility index (Phi) is 7.56. The number of hydrogen-bond donors (Lipinski definition) is 1. The number of carbonyl (C=O) groups is 2. The van der Waals surface area contributed by atoms with Crippen molar-refractivity contribution in [3.63, 3.8) is 0 Å². The van der Waals surface area contributed by atoms with Crippen molar-refractivity contribution >= 4 is 23.2 Å². The van der Waals surface area contributed by atoms with Crippen LogP contribution in [0.25, 0.3) is 0 Å². The third kappa shape index (κ3) is 5.76. The molecule has 0 aliphatic carbocycles. The number of nitrogens with zero attached hydrogens (tertiary/aromatic N) is 2. The molecule has 2 amide bonds. The van der Waals surface area contributed by atoms with E-state index >= 15 is 0 Å². The summed E-state index contributed by atoms with van der Waals surface area (Å²) in [5.74, 6) is -0.237. The third-order valence-electron chi connectivity index (χ3n) is 5.17. The van der Waals surface area contributed by atoms with Crippen molar-refractivity contribution in [3.05, 3.63) is 65.7 Å². The molecule has 0 saturated carbocycles. The largest absolute Gasteiger partial charge is 0.312 e. The van der Waals surface area contributed by atoms with Crippen molar-refractivity contribution in [3.8, 4) is 0 Å². The molecule has 1 heterocycles. The minimum absolute atomic E-state index is 0.00875. The average molecular weight is 392 g/mol. The highest BCUT2D eigenvalue weighted by atomic mass is 16.2. The van der Waals surface area contributed by atoms with Gasteiger partial charge in [0.05, 0.1) is 5.71 Å². The molecule has 2 aromatic rings. The number of hydrazone groups is 1. The van der Waals surface area contributed by atoms with Gasteiger partial charge < -0.3 is 4.90 Å². The lowest BCUT2D eigenvalue weighted by molar-refractivity contribution is -0.125. The van der Waals surface area contributed by atoms with Gasteiger partial charge in [0.1, 0.15) is 0 Å². The highest BCUT2D eigenvalue weighted by Crippen LogP contribution is 2.27. The van der Waals surface area contributed by atoms with E-state index in [1.165, 1.54) is 5.56 Å². The van der Waals surface area contributed by atoms with Crippen LogP contribution in [0.4, 0.5) is 5.69 Å². The molecule has 0 bridgehead atoms. The lowest BCUT2D eigenvalue weighted by Crippen LogP contribution is -2.36. The molecule has 0 fully saturated rings. The molecule has 1 N–H and O–H groups in total. The molecule has 152 valence electrons. The standard InChI is InChI=1S/C24H29N3O2/c1-2-3-14-21(19-10-5-4-6-11-19)25-26-23(28)16-17-24(29)27-18-9-13-20-12-7-8-15-22(20)27/h4-8,10-12,15H,2-3,9,13-14,16-18H2,1H3,(H,26,28)/b25-21+. The average Bonchev–Trinajstić information content (AvgIpc) is 2.77. The summed E-state index contributed by atoms with van der Waals surface area (Å²) in [5, 5.41) is 4.35. The number of carbonyl (C=O) groups excluding carboxylic acids is 2. The second-order valence-corrected chi connectivity index (χ2v) is 7.34. The van der Waals surface area contributed by atoms with Crippen LogP contribution in [-0.4, -0.2) is 24.1 Å². The van der Waals surface area contributed by atoms with E-state index in [9.17, 15) is 9.59 Å². The maximum absolute atomic E-state index is 12.7. The summed E-state index contributed by atoms with van der Waals surface area (Å²) < 4.78 is 0. The molecule has 5 nitrogen and oxygen atoms in total. The smallest absolute Gasteiger partial charge is 0.240 e. The molecule has 0 aromatic heterocycles. The summed E-state index contributed by atoms with van der Waals surface area (Å²) in [6.45, 7) is 2.84. The Morgan fingerprint density at radius 1 is 1.00 bits per heavy atom. The third-order valence-corrected chi connectivity index (χ3v) is 5.17. The zero-order valence-electron chi connectivity index (χ0n) is 17.1. The predicted octanol–water partition coefficient (Wildman–Crippen LogP) is 4.46. The number of anilines is 1. The van der Waals surface area contributed by atoms with E-state index in [4.69, 9.17) is 0 Å². The van der Waals surface area contributed by atoms with E-state index in [0.29, 0.717) is 6.54 Å². The minimum Gasteiger partial charge on any atom is -0.312 e. The molecular weight excluding hydrogens is 362 g/mol. The molecule has 1 aliphatic heterocycles. The van der Waals surface area contributed by atoms with Crippen LogP contribution in [0.15, 0.2) is 59.7 Å². The number of nitrogens with one attached hydrogen (secondary N) is 1. The first kappa shape index (κ1) is 20.8. The number of fused-ring (bicyclic) bond motifs is 1. The lowest BCUT2D eigenvalue weighted by atomic mass is 10.0. The molecule has 29 heavy (non-hydrogen) atoms. The van der Waals surface area contributed by atoms with Crippen LogP contribution in [0.5, 0.6) is 0 Å². The summed E-state index contributed by atoms with van der Waals surface area (Å²) in [7, 11) is 0. The summed E-state index contributed by atoms with van der Waals surface area (Å²) in [4.78, 5) is 26.8. The zero-order valence-corrected chi connectivity index (χ0v) is 17.1. The first-order valence-corrected chi connectivity index (χ1v) is 10.5. The van der Waals surface area contributed by atoms with Crippen LogP contribution in [0, 0.1) is 0 Å². The molecule has 0 spiro atoms. The van der Waals surface area contributed by atoms with Crippen LogP contribution in [0.1, 0.15) is 56.6 Å². The Labute approximate surface area is 172 Å². The van der Waals surface area contributed by atoms with Gasteiger partial charge in [0.15, 0.2) is 0 Å². The normalized spacial score (nSPS) is 13.7. The molecule has 0 saturated heterocycles. The zero-order chi connectivity index (χ0) is 20.5. The van der Waals surface area contributed by atoms with Gasteiger partial charge in [-0.2, -0.15) is 5.10 Å². The predicted molar refractivity (Wildman–Crippen MR) is 117 cm³/mol. The highest BCUT2D eigenvalue weighted by molar-refractivity contribution is 6.01. The summed E-state index contributed by atoms with van der Waals surface area (Å²) in [6, 6.07) is 17.9. The maximum Gasteiger partial charge on any atom is 0.240 e. The molecule has 1 aliphatic rings. The maximum atomic E-state index is 12.7. The number of para-hydroxylation sites is 1. The fourth-order valence-electron chi connectivity index (χ4n) is 3.57. The molecule has 3 rings (SSSR count).